The summed E-state index contributed by atoms with van der Waals surface area (Å²) in [5, 5.41) is 11.6. The number of aromatic nitrogens is 1. The molecule has 178 valence electrons. The van der Waals surface area contributed by atoms with Crippen LogP contribution in [0.15, 0.2) is 48.5 Å². The van der Waals surface area contributed by atoms with Gasteiger partial charge in [-0.2, -0.15) is 0 Å². The Bertz CT molecular complexity index is 1210. The van der Waals surface area contributed by atoms with E-state index >= 15 is 0 Å². The first-order chi connectivity index (χ1) is 16.3. The highest BCUT2D eigenvalue weighted by Gasteiger charge is 2.31. The van der Waals surface area contributed by atoms with E-state index < -0.39 is 6.04 Å². The van der Waals surface area contributed by atoms with Gasteiger partial charge in [0.2, 0.25) is 11.8 Å². The number of nitrogens with zero attached hydrogens (tertiary/aromatic N) is 1. The molecule has 1 aromatic heterocycles. The van der Waals surface area contributed by atoms with Crippen LogP contribution >= 0.6 is 0 Å². The molecule has 5 N–H and O–H groups in total. The quantitative estimate of drug-likeness (QED) is 0.434. The highest BCUT2D eigenvalue weighted by Crippen LogP contribution is 2.27. The van der Waals surface area contributed by atoms with E-state index in [4.69, 9.17) is 5.73 Å². The molecule has 0 radical (unpaired) electrons. The van der Waals surface area contributed by atoms with Crippen LogP contribution < -0.4 is 21.7 Å². The number of nitrogens with two attached hydrogens (primary N) is 1. The Balaban J connectivity index is 1.29. The molecule has 2 amide bonds. The van der Waals surface area contributed by atoms with Crippen molar-refractivity contribution >= 4 is 28.4 Å². The number of fused-ring (bicyclic) bond motifs is 1. The summed E-state index contributed by atoms with van der Waals surface area (Å²) in [6, 6.07) is 15.5. The van der Waals surface area contributed by atoms with Crippen molar-refractivity contribution in [1.29, 1.82) is 0 Å². The second-order valence-electron chi connectivity index (χ2n) is 9.28. The maximum atomic E-state index is 12.8. The Morgan fingerprint density at radius 2 is 1.82 bits per heavy atom. The van der Waals surface area contributed by atoms with Crippen molar-refractivity contribution in [3.63, 3.8) is 0 Å². The number of benzene rings is 2. The fraction of sp³-hybridized carbons (Fsp3) is 0.370. The van der Waals surface area contributed by atoms with Gasteiger partial charge in [-0.1, -0.05) is 42.5 Å². The average molecular weight is 460 g/mol. The second kappa shape index (κ2) is 10.2. The van der Waals surface area contributed by atoms with E-state index in [0.29, 0.717) is 18.3 Å². The highest BCUT2D eigenvalue weighted by molar-refractivity contribution is 5.90. The van der Waals surface area contributed by atoms with Gasteiger partial charge in [0, 0.05) is 12.2 Å². The molecule has 0 bridgehead atoms. The van der Waals surface area contributed by atoms with Gasteiger partial charge < -0.3 is 21.7 Å². The summed E-state index contributed by atoms with van der Waals surface area (Å²) in [6.45, 7) is 6.81. The number of nitrogens with one attached hydrogen (secondary N) is 3. The number of carbonyl (C=O) groups excluding carboxylic acids is 2. The van der Waals surface area contributed by atoms with Gasteiger partial charge in [0.05, 0.1) is 6.04 Å². The van der Waals surface area contributed by atoms with Crippen LogP contribution in [0.5, 0.6) is 0 Å². The molecule has 34 heavy (non-hydrogen) atoms. The van der Waals surface area contributed by atoms with Gasteiger partial charge in [0.15, 0.2) is 0 Å². The predicted octanol–water partition coefficient (Wildman–Crippen LogP) is 2.78. The van der Waals surface area contributed by atoms with Crippen LogP contribution in [0, 0.1) is 19.8 Å². The van der Waals surface area contributed by atoms with Gasteiger partial charge in [-0.05, 0) is 79.6 Å². The van der Waals surface area contributed by atoms with Gasteiger partial charge in [0.25, 0.3) is 0 Å². The largest absolute Gasteiger partial charge is 0.384 e. The molecule has 7 heteroatoms. The van der Waals surface area contributed by atoms with E-state index in [-0.39, 0.29) is 17.9 Å². The number of pyridine rings is 1. The Kier molecular flexibility index (Phi) is 7.12. The first-order valence-corrected chi connectivity index (χ1v) is 11.8. The summed E-state index contributed by atoms with van der Waals surface area (Å²) in [5.41, 5.74) is 9.94. The summed E-state index contributed by atoms with van der Waals surface area (Å²) < 4.78 is 0. The Morgan fingerprint density at radius 1 is 1.09 bits per heavy atom. The Hall–Kier alpha value is -3.45. The molecule has 4 rings (SSSR count). The molecule has 1 aliphatic rings. The number of hydrogen-bond donors (Lipinski definition) is 4. The van der Waals surface area contributed by atoms with E-state index in [0.717, 1.165) is 30.6 Å². The molecule has 1 aliphatic heterocycles. The van der Waals surface area contributed by atoms with E-state index in [1.807, 2.05) is 13.0 Å². The number of anilines is 1. The summed E-state index contributed by atoms with van der Waals surface area (Å²) in [5.74, 6) is 0.452. The fourth-order valence-electron chi connectivity index (χ4n) is 4.68. The van der Waals surface area contributed by atoms with Crippen molar-refractivity contribution in [2.45, 2.75) is 52.2 Å². The minimum Gasteiger partial charge on any atom is -0.384 e. The zero-order chi connectivity index (χ0) is 24.2. The summed E-state index contributed by atoms with van der Waals surface area (Å²) in [4.78, 5) is 29.5. The molecule has 0 spiro atoms. The van der Waals surface area contributed by atoms with Crippen molar-refractivity contribution < 1.29 is 9.59 Å². The minimum absolute atomic E-state index is 0.135. The SMILES string of the molecule is Cc1nc(N)ccc1CNC(=O)[C@H](C)NC(=O)[C@H]1C[C@H](Cc2ccc(C)c3ccccc23)CN1. The van der Waals surface area contributed by atoms with Crippen molar-refractivity contribution in [3.8, 4) is 0 Å². The smallest absolute Gasteiger partial charge is 0.242 e. The van der Waals surface area contributed by atoms with E-state index in [1.54, 1.807) is 13.0 Å². The molecule has 7 nitrogen and oxygen atoms in total. The number of carbonyl (C=O) groups is 2. The molecule has 1 saturated heterocycles. The molecule has 3 atom stereocenters. The fourth-order valence-corrected chi connectivity index (χ4v) is 4.68. The molecule has 3 aromatic rings. The summed E-state index contributed by atoms with van der Waals surface area (Å²) in [6.07, 6.45) is 1.67. The predicted molar refractivity (Wildman–Crippen MR) is 135 cm³/mol. The molecular formula is C27H33N5O2. The highest BCUT2D eigenvalue weighted by atomic mass is 16.2. The standard InChI is InChI=1S/C27H33N5O2/c1-16-8-9-20(23-7-5-4-6-22(16)23)12-19-13-24(29-14-19)27(34)32-18(3)26(33)30-15-21-10-11-25(28)31-17(21)2/h4-11,18-19,24,29H,12-15H2,1-3H3,(H2,28,31)(H,30,33)(H,32,34)/t18-,19-,24+/m0/s1. The first-order valence-electron chi connectivity index (χ1n) is 11.8. The third kappa shape index (κ3) is 5.37. The maximum absolute atomic E-state index is 12.8. The molecule has 1 fully saturated rings. The lowest BCUT2D eigenvalue weighted by molar-refractivity contribution is -0.129. The zero-order valence-electron chi connectivity index (χ0n) is 20.0. The maximum Gasteiger partial charge on any atom is 0.242 e. The number of nitrogen functional groups attached to an aromatic ring is 1. The van der Waals surface area contributed by atoms with Crippen LogP contribution in [-0.4, -0.2) is 35.4 Å². The summed E-state index contributed by atoms with van der Waals surface area (Å²) in [7, 11) is 0. The number of hydrogen-bond acceptors (Lipinski definition) is 5. The van der Waals surface area contributed by atoms with Crippen LogP contribution in [-0.2, 0) is 22.6 Å². The van der Waals surface area contributed by atoms with Crippen LogP contribution in [0.1, 0.15) is 35.7 Å². The van der Waals surface area contributed by atoms with Gasteiger partial charge >= 0.3 is 0 Å². The molecule has 2 heterocycles. The minimum atomic E-state index is -0.628. The lowest BCUT2D eigenvalue weighted by Crippen LogP contribution is -2.50. The van der Waals surface area contributed by atoms with Gasteiger partial charge in [0.1, 0.15) is 11.9 Å². The van der Waals surface area contributed by atoms with E-state index in [1.165, 1.54) is 21.9 Å². The first kappa shape index (κ1) is 23.7. The molecule has 2 aromatic carbocycles. The Labute approximate surface area is 200 Å². The average Bonchev–Trinajstić information content (AvgIpc) is 3.29. The van der Waals surface area contributed by atoms with E-state index in [9.17, 15) is 9.59 Å². The van der Waals surface area contributed by atoms with Crippen molar-refractivity contribution in [2.24, 2.45) is 5.92 Å². The van der Waals surface area contributed by atoms with Crippen LogP contribution in [0.2, 0.25) is 0 Å². The van der Waals surface area contributed by atoms with Crippen LogP contribution in [0.25, 0.3) is 10.8 Å². The third-order valence-corrected chi connectivity index (χ3v) is 6.70. The third-order valence-electron chi connectivity index (χ3n) is 6.70. The monoisotopic (exact) mass is 459 g/mol. The van der Waals surface area contributed by atoms with Gasteiger partial charge in [-0.25, -0.2) is 4.98 Å². The van der Waals surface area contributed by atoms with Gasteiger partial charge in [-0.3, -0.25) is 9.59 Å². The molecule has 0 unspecified atom stereocenters. The molecule has 0 aliphatic carbocycles. The molecular weight excluding hydrogens is 426 g/mol. The van der Waals surface area contributed by atoms with Gasteiger partial charge in [-0.15, -0.1) is 0 Å². The zero-order valence-corrected chi connectivity index (χ0v) is 20.0. The molecule has 0 saturated carbocycles. The Morgan fingerprint density at radius 3 is 2.59 bits per heavy atom. The number of amides is 2. The van der Waals surface area contributed by atoms with Crippen LogP contribution in [0.4, 0.5) is 5.82 Å². The van der Waals surface area contributed by atoms with Crippen LogP contribution in [0.3, 0.4) is 0 Å². The lowest BCUT2D eigenvalue weighted by atomic mass is 9.91. The number of rotatable bonds is 7. The van der Waals surface area contributed by atoms with Crippen molar-refractivity contribution in [2.75, 3.05) is 12.3 Å². The topological polar surface area (TPSA) is 109 Å². The lowest BCUT2D eigenvalue weighted by Gasteiger charge is -2.18. The summed E-state index contributed by atoms with van der Waals surface area (Å²) >= 11 is 0. The van der Waals surface area contributed by atoms with Crippen molar-refractivity contribution in [3.05, 3.63) is 70.9 Å². The van der Waals surface area contributed by atoms with E-state index in [2.05, 4.69) is 64.3 Å². The number of aryl methyl sites for hydroxylation is 2. The normalized spacial score (nSPS) is 18.6. The van der Waals surface area contributed by atoms with Crippen molar-refractivity contribution in [1.82, 2.24) is 20.9 Å². The second-order valence-corrected chi connectivity index (χ2v) is 9.28.